The highest BCUT2D eigenvalue weighted by atomic mass is 32.2. The van der Waals surface area contributed by atoms with Gasteiger partial charge >= 0.3 is 5.97 Å². The number of para-hydroxylation sites is 1. The third-order valence-electron chi connectivity index (χ3n) is 3.67. The van der Waals surface area contributed by atoms with Crippen molar-refractivity contribution >= 4 is 27.4 Å². The summed E-state index contributed by atoms with van der Waals surface area (Å²) < 4.78 is 29.5. The maximum Gasteiger partial charge on any atom is 0.307 e. The number of nitrogens with one attached hydrogen (secondary N) is 1. The number of rotatable bonds is 7. The lowest BCUT2D eigenvalue weighted by Gasteiger charge is -2.13. The Kier molecular flexibility index (Phi) is 6.52. The quantitative estimate of drug-likeness (QED) is 0.752. The molecule has 0 aliphatic rings. The van der Waals surface area contributed by atoms with E-state index in [4.69, 9.17) is 4.74 Å². The van der Waals surface area contributed by atoms with Gasteiger partial charge in [-0.3, -0.25) is 9.59 Å². The smallest absolute Gasteiger partial charge is 0.307 e. The Labute approximate surface area is 153 Å². The minimum absolute atomic E-state index is 0.158. The van der Waals surface area contributed by atoms with Crippen LogP contribution in [-0.4, -0.2) is 32.2 Å². The third kappa shape index (κ3) is 5.70. The summed E-state index contributed by atoms with van der Waals surface area (Å²) >= 11 is 0. The predicted molar refractivity (Wildman–Crippen MR) is 98.5 cm³/mol. The molecule has 0 fully saturated rings. The molecule has 1 amide bonds. The van der Waals surface area contributed by atoms with Crippen LogP contribution in [0.4, 0.5) is 5.69 Å². The van der Waals surface area contributed by atoms with Gasteiger partial charge in [0.25, 0.3) is 5.91 Å². The SMILES string of the molecule is Cc1ccc(S(=O)(=O)CCC(=O)O[C@H](C)C(=O)Nc2ccccc2)cc1. The van der Waals surface area contributed by atoms with Gasteiger partial charge in [0.15, 0.2) is 15.9 Å². The number of anilines is 1. The van der Waals surface area contributed by atoms with Crippen molar-refractivity contribution in [2.24, 2.45) is 0 Å². The number of hydrogen-bond donors (Lipinski definition) is 1. The molecule has 6 nitrogen and oxygen atoms in total. The minimum atomic E-state index is -3.58. The summed E-state index contributed by atoms with van der Waals surface area (Å²) in [4.78, 5) is 24.0. The van der Waals surface area contributed by atoms with Crippen LogP contribution in [0.2, 0.25) is 0 Å². The number of aryl methyl sites for hydroxylation is 1. The Bertz CT molecular complexity index is 861. The van der Waals surface area contributed by atoms with Gasteiger partial charge < -0.3 is 10.1 Å². The van der Waals surface area contributed by atoms with E-state index in [-0.39, 0.29) is 17.1 Å². The van der Waals surface area contributed by atoms with Crippen molar-refractivity contribution in [3.05, 3.63) is 60.2 Å². The second-order valence-electron chi connectivity index (χ2n) is 5.87. The van der Waals surface area contributed by atoms with E-state index in [2.05, 4.69) is 5.32 Å². The summed E-state index contributed by atoms with van der Waals surface area (Å²) in [5.74, 6) is -1.59. The maximum atomic E-state index is 12.2. The zero-order valence-electron chi connectivity index (χ0n) is 14.6. The van der Waals surface area contributed by atoms with Crippen molar-refractivity contribution in [3.8, 4) is 0 Å². The molecule has 0 saturated carbocycles. The fourth-order valence-corrected chi connectivity index (χ4v) is 3.38. The van der Waals surface area contributed by atoms with E-state index in [9.17, 15) is 18.0 Å². The molecule has 0 spiro atoms. The summed E-state index contributed by atoms with van der Waals surface area (Å²) in [7, 11) is -3.58. The minimum Gasteiger partial charge on any atom is -0.453 e. The molecule has 2 aromatic rings. The van der Waals surface area contributed by atoms with Crippen molar-refractivity contribution in [1.29, 1.82) is 0 Å². The Hall–Kier alpha value is -2.67. The Morgan fingerprint density at radius 2 is 1.65 bits per heavy atom. The highest BCUT2D eigenvalue weighted by molar-refractivity contribution is 7.91. The van der Waals surface area contributed by atoms with Crippen LogP contribution < -0.4 is 5.32 Å². The summed E-state index contributed by atoms with van der Waals surface area (Å²) in [6, 6.07) is 15.2. The normalized spacial score (nSPS) is 12.2. The average molecular weight is 375 g/mol. The fourth-order valence-electron chi connectivity index (χ4n) is 2.16. The first-order chi connectivity index (χ1) is 12.3. The van der Waals surface area contributed by atoms with Crippen molar-refractivity contribution in [3.63, 3.8) is 0 Å². The molecule has 1 atom stereocenters. The molecule has 26 heavy (non-hydrogen) atoms. The number of benzene rings is 2. The van der Waals surface area contributed by atoms with E-state index in [1.165, 1.54) is 19.1 Å². The third-order valence-corrected chi connectivity index (χ3v) is 5.41. The highest BCUT2D eigenvalue weighted by Crippen LogP contribution is 2.14. The van der Waals surface area contributed by atoms with E-state index in [1.807, 2.05) is 13.0 Å². The van der Waals surface area contributed by atoms with Gasteiger partial charge in [0, 0.05) is 5.69 Å². The second kappa shape index (κ2) is 8.62. The highest BCUT2D eigenvalue weighted by Gasteiger charge is 2.21. The molecule has 2 aromatic carbocycles. The van der Waals surface area contributed by atoms with Crippen molar-refractivity contribution in [2.45, 2.75) is 31.3 Å². The van der Waals surface area contributed by atoms with Gasteiger partial charge in [-0.15, -0.1) is 0 Å². The maximum absolute atomic E-state index is 12.2. The predicted octanol–water partition coefficient (Wildman–Crippen LogP) is 2.73. The van der Waals surface area contributed by atoms with Crippen molar-refractivity contribution < 1.29 is 22.7 Å². The monoisotopic (exact) mass is 375 g/mol. The largest absolute Gasteiger partial charge is 0.453 e. The molecule has 2 rings (SSSR count). The van der Waals surface area contributed by atoms with Crippen LogP contribution >= 0.6 is 0 Å². The fraction of sp³-hybridized carbons (Fsp3) is 0.263. The summed E-state index contributed by atoms with van der Waals surface area (Å²) in [6.07, 6.45) is -1.34. The molecule has 0 radical (unpaired) electrons. The Morgan fingerprint density at radius 3 is 2.27 bits per heavy atom. The number of ether oxygens (including phenoxy) is 1. The van der Waals surface area contributed by atoms with Crippen LogP contribution in [0, 0.1) is 6.92 Å². The van der Waals surface area contributed by atoms with Crippen LogP contribution in [0.25, 0.3) is 0 Å². The molecule has 0 aliphatic carbocycles. The molecule has 0 saturated heterocycles. The number of amides is 1. The molecule has 0 unspecified atom stereocenters. The molecule has 138 valence electrons. The first-order valence-electron chi connectivity index (χ1n) is 8.13. The lowest BCUT2D eigenvalue weighted by molar-refractivity contribution is -0.152. The number of carbonyl (C=O) groups is 2. The van der Waals surface area contributed by atoms with E-state index >= 15 is 0 Å². The summed E-state index contributed by atoms with van der Waals surface area (Å²) in [5, 5.41) is 2.62. The lowest BCUT2D eigenvalue weighted by atomic mass is 10.2. The van der Waals surface area contributed by atoms with Gasteiger partial charge in [0.2, 0.25) is 0 Å². The molecule has 0 bridgehead atoms. The van der Waals surface area contributed by atoms with E-state index in [0.717, 1.165) is 5.56 Å². The number of esters is 1. The van der Waals surface area contributed by atoms with Crippen LogP contribution in [0.5, 0.6) is 0 Å². The molecule has 0 aromatic heterocycles. The number of carbonyl (C=O) groups excluding carboxylic acids is 2. The molecule has 0 heterocycles. The van der Waals surface area contributed by atoms with Gasteiger partial charge in [-0.1, -0.05) is 35.9 Å². The zero-order valence-corrected chi connectivity index (χ0v) is 15.5. The van der Waals surface area contributed by atoms with E-state index in [1.54, 1.807) is 36.4 Å². The van der Waals surface area contributed by atoms with Gasteiger partial charge in [0.1, 0.15) is 0 Å². The standard InChI is InChI=1S/C19H21NO5S/c1-14-8-10-17(11-9-14)26(23,24)13-12-18(21)25-15(2)19(22)20-16-6-4-3-5-7-16/h3-11,15H,12-13H2,1-2H3,(H,20,22)/t15-/m1/s1. The molecular weight excluding hydrogens is 354 g/mol. The van der Waals surface area contributed by atoms with Crippen LogP contribution in [0.3, 0.4) is 0 Å². The zero-order chi connectivity index (χ0) is 19.2. The van der Waals surface area contributed by atoms with Crippen molar-refractivity contribution in [2.75, 3.05) is 11.1 Å². The van der Waals surface area contributed by atoms with E-state index < -0.39 is 27.8 Å². The van der Waals surface area contributed by atoms with Crippen molar-refractivity contribution in [1.82, 2.24) is 0 Å². The molecule has 0 aliphatic heterocycles. The topological polar surface area (TPSA) is 89.5 Å². The second-order valence-corrected chi connectivity index (χ2v) is 7.98. The van der Waals surface area contributed by atoms with Gasteiger partial charge in [-0.2, -0.15) is 0 Å². The average Bonchev–Trinajstić information content (AvgIpc) is 2.61. The summed E-state index contributed by atoms with van der Waals surface area (Å²) in [5.41, 5.74) is 1.53. The molecular formula is C19H21NO5S. The van der Waals surface area contributed by atoms with Gasteiger partial charge in [-0.05, 0) is 38.1 Å². The molecule has 7 heteroatoms. The Morgan fingerprint density at radius 1 is 1.04 bits per heavy atom. The number of sulfone groups is 1. The summed E-state index contributed by atoms with van der Waals surface area (Å²) in [6.45, 7) is 3.29. The van der Waals surface area contributed by atoms with E-state index in [0.29, 0.717) is 5.69 Å². The first kappa shape index (κ1) is 19.7. The van der Waals surface area contributed by atoms with Crippen LogP contribution in [0.15, 0.2) is 59.5 Å². The number of hydrogen-bond acceptors (Lipinski definition) is 5. The Balaban J connectivity index is 1.85. The van der Waals surface area contributed by atoms with Crippen LogP contribution in [-0.2, 0) is 24.2 Å². The van der Waals surface area contributed by atoms with Crippen LogP contribution in [0.1, 0.15) is 18.9 Å². The molecule has 1 N–H and O–H groups in total. The van der Waals surface area contributed by atoms with Gasteiger partial charge in [-0.25, -0.2) is 8.42 Å². The first-order valence-corrected chi connectivity index (χ1v) is 9.78. The lowest BCUT2D eigenvalue weighted by Crippen LogP contribution is -2.30. The van der Waals surface area contributed by atoms with Gasteiger partial charge in [0.05, 0.1) is 17.1 Å².